The molecule has 3 rings (SSSR count). The summed E-state index contributed by atoms with van der Waals surface area (Å²) in [6.07, 6.45) is 5.63. The second-order valence-corrected chi connectivity index (χ2v) is 7.03. The summed E-state index contributed by atoms with van der Waals surface area (Å²) in [6, 6.07) is 17.4. The van der Waals surface area contributed by atoms with Crippen LogP contribution in [0.5, 0.6) is 0 Å². The van der Waals surface area contributed by atoms with E-state index in [9.17, 15) is 4.79 Å². The molecule has 0 saturated carbocycles. The summed E-state index contributed by atoms with van der Waals surface area (Å²) in [7, 11) is 0. The number of carboxylic acids is 1. The van der Waals surface area contributed by atoms with Gasteiger partial charge in [-0.15, -0.1) is 0 Å². The molecule has 25 heavy (non-hydrogen) atoms. The predicted octanol–water partition coefficient (Wildman–Crippen LogP) is 4.61. The van der Waals surface area contributed by atoms with Crippen molar-refractivity contribution >= 4 is 11.7 Å². The molecule has 1 atom stereocenters. The number of hydrogen-bond donors (Lipinski definition) is 1. The molecule has 3 heteroatoms. The average Bonchev–Trinajstić information content (AvgIpc) is 3.04. The first-order valence-electron chi connectivity index (χ1n) is 9.25. The van der Waals surface area contributed by atoms with Crippen LogP contribution in [0.1, 0.15) is 42.4 Å². The van der Waals surface area contributed by atoms with Gasteiger partial charge in [-0.05, 0) is 67.9 Å². The molecule has 132 valence electrons. The molecule has 2 aromatic carbocycles. The Kier molecular flexibility index (Phi) is 5.75. The first kappa shape index (κ1) is 17.5. The summed E-state index contributed by atoms with van der Waals surface area (Å²) in [5, 5.41) is 9.07. The Morgan fingerprint density at radius 3 is 2.60 bits per heavy atom. The fourth-order valence-corrected chi connectivity index (χ4v) is 3.82. The molecule has 1 N–H and O–H groups in total. The maximum atomic E-state index is 11.0. The Labute approximate surface area is 150 Å². The monoisotopic (exact) mass is 337 g/mol. The van der Waals surface area contributed by atoms with Crippen LogP contribution in [-0.4, -0.2) is 23.7 Å². The summed E-state index contributed by atoms with van der Waals surface area (Å²) >= 11 is 0. The normalized spacial score (nSPS) is 17.0. The number of nitrogens with zero attached hydrogens (tertiary/aromatic N) is 1. The quantitative estimate of drug-likeness (QED) is 0.802. The highest BCUT2D eigenvalue weighted by Crippen LogP contribution is 2.27. The number of hydrogen-bond acceptors (Lipinski definition) is 2. The van der Waals surface area contributed by atoms with E-state index in [1.54, 1.807) is 0 Å². The first-order chi connectivity index (χ1) is 12.1. The Hall–Kier alpha value is -2.29. The second-order valence-electron chi connectivity index (χ2n) is 7.03. The highest BCUT2D eigenvalue weighted by molar-refractivity contribution is 5.69. The first-order valence-corrected chi connectivity index (χ1v) is 9.25. The van der Waals surface area contributed by atoms with Crippen LogP contribution in [0.2, 0.25) is 0 Å². The molecular formula is C22H27NO2. The molecule has 0 amide bonds. The largest absolute Gasteiger partial charge is 0.481 e. The predicted molar refractivity (Wildman–Crippen MR) is 102 cm³/mol. The van der Waals surface area contributed by atoms with Crippen molar-refractivity contribution in [3.8, 4) is 0 Å². The average molecular weight is 337 g/mol. The number of anilines is 1. The third-order valence-electron chi connectivity index (χ3n) is 5.23. The van der Waals surface area contributed by atoms with E-state index in [-0.39, 0.29) is 12.5 Å². The van der Waals surface area contributed by atoms with Crippen molar-refractivity contribution in [1.29, 1.82) is 0 Å². The molecule has 0 spiro atoms. The molecule has 1 aliphatic rings. The molecule has 0 radical (unpaired) electrons. The maximum absolute atomic E-state index is 11.0. The van der Waals surface area contributed by atoms with Crippen LogP contribution in [0.4, 0.5) is 5.69 Å². The Bertz CT molecular complexity index is 708. The van der Waals surface area contributed by atoms with Gasteiger partial charge in [0.25, 0.3) is 0 Å². The van der Waals surface area contributed by atoms with E-state index in [2.05, 4.69) is 60.4 Å². The molecule has 0 aliphatic carbocycles. The molecule has 1 heterocycles. The maximum Gasteiger partial charge on any atom is 0.305 e. The fourth-order valence-electron chi connectivity index (χ4n) is 3.82. The smallest absolute Gasteiger partial charge is 0.305 e. The molecule has 1 unspecified atom stereocenters. The highest BCUT2D eigenvalue weighted by Gasteiger charge is 2.26. The van der Waals surface area contributed by atoms with Crippen LogP contribution in [0.15, 0.2) is 48.5 Å². The molecule has 2 aromatic rings. The lowest BCUT2D eigenvalue weighted by molar-refractivity contribution is -0.137. The van der Waals surface area contributed by atoms with Crippen molar-refractivity contribution in [3.05, 3.63) is 65.2 Å². The van der Waals surface area contributed by atoms with E-state index in [1.807, 2.05) is 0 Å². The number of carboxylic acid groups (broad SMARTS) is 1. The minimum atomic E-state index is -0.704. The standard InChI is InChI=1S/C22H27NO2/c1-17-6-2-3-8-19(17)9-4-7-18-11-13-20(14-12-18)23-15-5-10-21(23)16-22(24)25/h2-3,6,8,11-14,21H,4-5,7,9-10,15-16H2,1H3,(H,24,25). The van der Waals surface area contributed by atoms with Crippen molar-refractivity contribution in [2.24, 2.45) is 0 Å². The van der Waals surface area contributed by atoms with Crippen molar-refractivity contribution in [2.75, 3.05) is 11.4 Å². The van der Waals surface area contributed by atoms with Gasteiger partial charge in [-0.25, -0.2) is 0 Å². The Morgan fingerprint density at radius 1 is 1.12 bits per heavy atom. The van der Waals surface area contributed by atoms with Gasteiger partial charge in [-0.1, -0.05) is 36.4 Å². The Morgan fingerprint density at radius 2 is 1.88 bits per heavy atom. The van der Waals surface area contributed by atoms with Gasteiger partial charge < -0.3 is 10.0 Å². The summed E-state index contributed by atoms with van der Waals surface area (Å²) in [5.74, 6) is -0.704. The molecule has 1 fully saturated rings. The fraction of sp³-hybridized carbons (Fsp3) is 0.409. The van der Waals surface area contributed by atoms with Crippen LogP contribution in [0.25, 0.3) is 0 Å². The number of carbonyl (C=O) groups is 1. The van der Waals surface area contributed by atoms with Gasteiger partial charge in [0.15, 0.2) is 0 Å². The lowest BCUT2D eigenvalue weighted by atomic mass is 10.0. The third kappa shape index (κ3) is 4.62. The molecular weight excluding hydrogens is 310 g/mol. The van der Waals surface area contributed by atoms with E-state index in [0.29, 0.717) is 0 Å². The van der Waals surface area contributed by atoms with Crippen LogP contribution in [-0.2, 0) is 17.6 Å². The van der Waals surface area contributed by atoms with E-state index in [4.69, 9.17) is 5.11 Å². The van der Waals surface area contributed by atoms with E-state index in [0.717, 1.165) is 44.3 Å². The molecule has 0 aromatic heterocycles. The van der Waals surface area contributed by atoms with E-state index in [1.165, 1.54) is 16.7 Å². The van der Waals surface area contributed by atoms with Gasteiger partial charge in [-0.3, -0.25) is 4.79 Å². The van der Waals surface area contributed by atoms with Crippen molar-refractivity contribution in [1.82, 2.24) is 0 Å². The number of aryl methyl sites for hydroxylation is 3. The minimum absolute atomic E-state index is 0.143. The van der Waals surface area contributed by atoms with Crippen molar-refractivity contribution < 1.29 is 9.90 Å². The molecule has 1 saturated heterocycles. The van der Waals surface area contributed by atoms with Gasteiger partial charge in [0, 0.05) is 18.3 Å². The highest BCUT2D eigenvalue weighted by atomic mass is 16.4. The molecule has 0 bridgehead atoms. The summed E-state index contributed by atoms with van der Waals surface area (Å²) in [5.41, 5.74) is 5.32. The topological polar surface area (TPSA) is 40.5 Å². The summed E-state index contributed by atoms with van der Waals surface area (Å²) < 4.78 is 0. The number of rotatable bonds is 7. The van der Waals surface area contributed by atoms with E-state index < -0.39 is 5.97 Å². The van der Waals surface area contributed by atoms with Crippen molar-refractivity contribution in [3.63, 3.8) is 0 Å². The van der Waals surface area contributed by atoms with Gasteiger partial charge in [0.05, 0.1) is 6.42 Å². The zero-order valence-electron chi connectivity index (χ0n) is 14.9. The van der Waals surface area contributed by atoms with Gasteiger partial charge in [0.2, 0.25) is 0 Å². The molecule has 1 aliphatic heterocycles. The number of benzene rings is 2. The van der Waals surface area contributed by atoms with Crippen molar-refractivity contribution in [2.45, 2.75) is 51.5 Å². The van der Waals surface area contributed by atoms with Crippen LogP contribution in [0.3, 0.4) is 0 Å². The second kappa shape index (κ2) is 8.19. The van der Waals surface area contributed by atoms with E-state index >= 15 is 0 Å². The minimum Gasteiger partial charge on any atom is -0.481 e. The SMILES string of the molecule is Cc1ccccc1CCCc1ccc(N2CCCC2CC(=O)O)cc1. The van der Waals surface area contributed by atoms with Gasteiger partial charge >= 0.3 is 5.97 Å². The zero-order chi connectivity index (χ0) is 17.6. The zero-order valence-corrected chi connectivity index (χ0v) is 14.9. The lowest BCUT2D eigenvalue weighted by Crippen LogP contribution is -2.31. The van der Waals surface area contributed by atoms with Crippen LogP contribution in [0, 0.1) is 6.92 Å². The summed E-state index contributed by atoms with van der Waals surface area (Å²) in [6.45, 7) is 3.14. The van der Waals surface area contributed by atoms with Crippen LogP contribution >= 0.6 is 0 Å². The van der Waals surface area contributed by atoms with Gasteiger partial charge in [-0.2, -0.15) is 0 Å². The lowest BCUT2D eigenvalue weighted by Gasteiger charge is -2.26. The number of aliphatic carboxylic acids is 1. The molecule has 3 nitrogen and oxygen atoms in total. The van der Waals surface area contributed by atoms with Crippen LogP contribution < -0.4 is 4.90 Å². The third-order valence-corrected chi connectivity index (χ3v) is 5.23. The summed E-state index contributed by atoms with van der Waals surface area (Å²) in [4.78, 5) is 13.3. The Balaban J connectivity index is 1.55. The van der Waals surface area contributed by atoms with Gasteiger partial charge in [0.1, 0.15) is 0 Å².